The Morgan fingerprint density at radius 1 is 1.32 bits per heavy atom. The van der Waals surface area contributed by atoms with Crippen LogP contribution in [-0.4, -0.2) is 24.0 Å². The molecule has 0 saturated carbocycles. The zero-order chi connectivity index (χ0) is 14.0. The Kier molecular flexibility index (Phi) is 5.09. The Bertz CT molecular complexity index is 414. The van der Waals surface area contributed by atoms with E-state index in [-0.39, 0.29) is 6.04 Å². The zero-order valence-electron chi connectivity index (χ0n) is 12.2. The van der Waals surface area contributed by atoms with E-state index in [9.17, 15) is 0 Å². The summed E-state index contributed by atoms with van der Waals surface area (Å²) < 4.78 is 1.20. The fourth-order valence-corrected chi connectivity index (χ4v) is 4.66. The first kappa shape index (κ1) is 15.5. The molecule has 0 amide bonds. The van der Waals surface area contributed by atoms with Crippen LogP contribution in [0.5, 0.6) is 0 Å². The number of rotatable bonds is 3. The van der Waals surface area contributed by atoms with Gasteiger partial charge in [-0.2, -0.15) is 0 Å². The van der Waals surface area contributed by atoms with Crippen molar-refractivity contribution in [2.24, 2.45) is 11.1 Å². The van der Waals surface area contributed by atoms with Crippen LogP contribution in [0.1, 0.15) is 51.0 Å². The number of hydrogen-bond donors (Lipinski definition) is 1. The van der Waals surface area contributed by atoms with Crippen molar-refractivity contribution in [2.75, 3.05) is 13.1 Å². The fraction of sp³-hybridized carbons (Fsp3) is 0.733. The van der Waals surface area contributed by atoms with Crippen LogP contribution < -0.4 is 5.73 Å². The Hall–Kier alpha value is 0.1000. The second-order valence-electron chi connectivity index (χ2n) is 6.50. The van der Waals surface area contributed by atoms with Crippen molar-refractivity contribution >= 4 is 27.3 Å². The Balaban J connectivity index is 2.15. The molecule has 0 spiro atoms. The van der Waals surface area contributed by atoms with E-state index in [0.717, 1.165) is 6.54 Å². The molecule has 1 aliphatic rings. The standard InChI is InChI=1S/C15H25BrN2S/c1-11(17)14(12-5-6-13(16)19-12)18-9-4-7-15(2,3)8-10-18/h5-6,11,14H,4,7-10,17H2,1-3H3. The third-order valence-corrected chi connectivity index (χ3v) is 5.85. The third kappa shape index (κ3) is 4.03. The summed E-state index contributed by atoms with van der Waals surface area (Å²) in [5.74, 6) is 0. The van der Waals surface area contributed by atoms with Crippen molar-refractivity contribution < 1.29 is 0 Å². The second-order valence-corrected chi connectivity index (χ2v) is 8.99. The van der Waals surface area contributed by atoms with Gasteiger partial charge in [0.25, 0.3) is 0 Å². The Morgan fingerprint density at radius 2 is 2.05 bits per heavy atom. The first-order valence-electron chi connectivity index (χ1n) is 7.14. The summed E-state index contributed by atoms with van der Waals surface area (Å²) in [6.45, 7) is 9.24. The number of halogens is 1. The average molecular weight is 345 g/mol. The van der Waals surface area contributed by atoms with Gasteiger partial charge in [0.15, 0.2) is 0 Å². The highest BCUT2D eigenvalue weighted by Gasteiger charge is 2.30. The Morgan fingerprint density at radius 3 is 2.63 bits per heavy atom. The number of hydrogen-bond acceptors (Lipinski definition) is 3. The van der Waals surface area contributed by atoms with Gasteiger partial charge in [0.2, 0.25) is 0 Å². The molecule has 1 aliphatic heterocycles. The quantitative estimate of drug-likeness (QED) is 0.879. The van der Waals surface area contributed by atoms with Gasteiger partial charge in [-0.05, 0) is 72.8 Å². The second kappa shape index (κ2) is 6.25. The SMILES string of the molecule is CC(N)C(c1ccc(Br)s1)N1CCCC(C)(C)CC1. The highest BCUT2D eigenvalue weighted by Crippen LogP contribution is 2.36. The number of thiophene rings is 1. The molecule has 2 heterocycles. The molecule has 108 valence electrons. The lowest BCUT2D eigenvalue weighted by atomic mass is 9.85. The van der Waals surface area contributed by atoms with Crippen LogP contribution in [0.4, 0.5) is 0 Å². The molecule has 0 aromatic carbocycles. The first-order chi connectivity index (χ1) is 8.89. The van der Waals surface area contributed by atoms with Crippen LogP contribution in [0.15, 0.2) is 15.9 Å². The maximum atomic E-state index is 6.28. The van der Waals surface area contributed by atoms with Gasteiger partial charge >= 0.3 is 0 Å². The summed E-state index contributed by atoms with van der Waals surface area (Å²) in [7, 11) is 0. The summed E-state index contributed by atoms with van der Waals surface area (Å²) >= 11 is 5.39. The molecule has 2 unspecified atom stereocenters. The van der Waals surface area contributed by atoms with Crippen molar-refractivity contribution in [3.8, 4) is 0 Å². The molecule has 1 fully saturated rings. The van der Waals surface area contributed by atoms with Crippen molar-refractivity contribution in [2.45, 2.75) is 52.1 Å². The summed E-state index contributed by atoms with van der Waals surface area (Å²) in [5.41, 5.74) is 6.76. The highest BCUT2D eigenvalue weighted by atomic mass is 79.9. The van der Waals surface area contributed by atoms with E-state index in [4.69, 9.17) is 5.73 Å². The predicted octanol–water partition coefficient (Wildman–Crippen LogP) is 4.41. The molecule has 1 saturated heterocycles. The molecular weight excluding hydrogens is 320 g/mol. The van der Waals surface area contributed by atoms with Crippen LogP contribution in [0.25, 0.3) is 0 Å². The molecular formula is C15H25BrN2S. The van der Waals surface area contributed by atoms with Gasteiger partial charge in [-0.1, -0.05) is 13.8 Å². The highest BCUT2D eigenvalue weighted by molar-refractivity contribution is 9.11. The van der Waals surface area contributed by atoms with Crippen molar-refractivity contribution in [3.05, 3.63) is 20.8 Å². The van der Waals surface area contributed by atoms with Crippen LogP contribution in [-0.2, 0) is 0 Å². The van der Waals surface area contributed by atoms with E-state index in [1.54, 1.807) is 0 Å². The summed E-state index contributed by atoms with van der Waals surface area (Å²) in [4.78, 5) is 3.99. The molecule has 2 atom stereocenters. The normalized spacial score (nSPS) is 23.8. The smallest absolute Gasteiger partial charge is 0.0702 e. The number of likely N-dealkylation sites (tertiary alicyclic amines) is 1. The number of nitrogens with zero attached hydrogens (tertiary/aromatic N) is 1. The molecule has 2 nitrogen and oxygen atoms in total. The van der Waals surface area contributed by atoms with Gasteiger partial charge in [-0.25, -0.2) is 0 Å². The summed E-state index contributed by atoms with van der Waals surface area (Å²) in [5, 5.41) is 0. The molecule has 4 heteroatoms. The van der Waals surface area contributed by atoms with E-state index in [1.807, 2.05) is 11.3 Å². The van der Waals surface area contributed by atoms with Crippen LogP contribution in [0.2, 0.25) is 0 Å². The molecule has 2 rings (SSSR count). The van der Waals surface area contributed by atoms with Crippen LogP contribution >= 0.6 is 27.3 Å². The lowest BCUT2D eigenvalue weighted by molar-refractivity contribution is 0.178. The van der Waals surface area contributed by atoms with Crippen LogP contribution in [0, 0.1) is 5.41 Å². The van der Waals surface area contributed by atoms with Crippen molar-refractivity contribution in [1.29, 1.82) is 0 Å². The zero-order valence-corrected chi connectivity index (χ0v) is 14.6. The minimum absolute atomic E-state index is 0.173. The van der Waals surface area contributed by atoms with Gasteiger partial charge in [-0.15, -0.1) is 11.3 Å². The molecule has 0 radical (unpaired) electrons. The topological polar surface area (TPSA) is 29.3 Å². The monoisotopic (exact) mass is 344 g/mol. The molecule has 1 aromatic heterocycles. The largest absolute Gasteiger partial charge is 0.326 e. The van der Waals surface area contributed by atoms with Gasteiger partial charge in [0.1, 0.15) is 0 Å². The van der Waals surface area contributed by atoms with E-state index >= 15 is 0 Å². The van der Waals surface area contributed by atoms with Gasteiger partial charge in [-0.3, -0.25) is 4.90 Å². The predicted molar refractivity (Wildman–Crippen MR) is 87.6 cm³/mol. The minimum atomic E-state index is 0.173. The van der Waals surface area contributed by atoms with Gasteiger partial charge in [0.05, 0.1) is 9.83 Å². The molecule has 1 aromatic rings. The van der Waals surface area contributed by atoms with Gasteiger partial charge < -0.3 is 5.73 Å². The molecule has 19 heavy (non-hydrogen) atoms. The van der Waals surface area contributed by atoms with E-state index in [0.29, 0.717) is 11.5 Å². The number of nitrogens with two attached hydrogens (primary N) is 1. The van der Waals surface area contributed by atoms with Crippen molar-refractivity contribution in [3.63, 3.8) is 0 Å². The molecule has 0 aliphatic carbocycles. The maximum Gasteiger partial charge on any atom is 0.0702 e. The van der Waals surface area contributed by atoms with E-state index in [1.165, 1.54) is 34.5 Å². The van der Waals surface area contributed by atoms with E-state index in [2.05, 4.69) is 53.7 Å². The average Bonchev–Trinajstić information content (AvgIpc) is 2.63. The van der Waals surface area contributed by atoms with Crippen LogP contribution in [0.3, 0.4) is 0 Å². The van der Waals surface area contributed by atoms with Gasteiger partial charge in [0, 0.05) is 10.9 Å². The molecule has 2 N–H and O–H groups in total. The lowest BCUT2D eigenvalue weighted by Crippen LogP contribution is -2.39. The maximum absolute atomic E-state index is 6.28. The third-order valence-electron chi connectivity index (χ3n) is 4.15. The first-order valence-corrected chi connectivity index (χ1v) is 8.75. The van der Waals surface area contributed by atoms with E-state index < -0.39 is 0 Å². The fourth-order valence-electron chi connectivity index (χ4n) is 2.98. The minimum Gasteiger partial charge on any atom is -0.326 e. The van der Waals surface area contributed by atoms with Crippen molar-refractivity contribution in [1.82, 2.24) is 4.90 Å². The summed E-state index contributed by atoms with van der Waals surface area (Å²) in [6.07, 6.45) is 3.87. The molecule has 0 bridgehead atoms. The Labute approximate surface area is 129 Å². The summed E-state index contributed by atoms with van der Waals surface area (Å²) in [6, 6.07) is 4.90. The lowest BCUT2D eigenvalue weighted by Gasteiger charge is -2.33.